The molecule has 0 aliphatic heterocycles. The van der Waals surface area contributed by atoms with Gasteiger partial charge >= 0.3 is 0 Å². The first-order chi connectivity index (χ1) is 5.59. The van der Waals surface area contributed by atoms with Gasteiger partial charge in [0.2, 0.25) is 0 Å². The van der Waals surface area contributed by atoms with E-state index in [9.17, 15) is 4.39 Å². The van der Waals surface area contributed by atoms with Crippen LogP contribution in [-0.2, 0) is 0 Å². The first-order valence-corrected chi connectivity index (χ1v) is 4.59. The molecule has 0 saturated heterocycles. The Morgan fingerprint density at radius 2 is 2.25 bits per heavy atom. The van der Waals surface area contributed by atoms with Gasteiger partial charge in [0, 0.05) is 4.47 Å². The molecular weight excluding hydrogens is 265 g/mol. The Hall–Kier alpha value is -0.190. The molecule has 0 fully saturated rings. The number of hydrogen-bond donors (Lipinski definition) is 1. The average molecular weight is 269 g/mol. The van der Waals surface area contributed by atoms with Gasteiger partial charge in [0.05, 0.1) is 5.69 Å². The van der Waals surface area contributed by atoms with Gasteiger partial charge in [-0.15, -0.1) is 0 Å². The number of benzene rings is 1. The van der Waals surface area contributed by atoms with E-state index in [1.165, 1.54) is 6.07 Å². The third kappa shape index (κ3) is 2.69. The van der Waals surface area contributed by atoms with E-state index in [0.29, 0.717) is 4.47 Å². The van der Waals surface area contributed by atoms with E-state index in [0.717, 1.165) is 0 Å². The molecule has 5 heteroatoms. The molecule has 1 aromatic carbocycles. The first kappa shape index (κ1) is 9.89. The van der Waals surface area contributed by atoms with E-state index in [4.69, 9.17) is 11.6 Å². The van der Waals surface area contributed by atoms with Crippen LogP contribution in [0.3, 0.4) is 0 Å². The molecule has 12 heavy (non-hydrogen) atoms. The Bertz CT molecular complexity index is 318. The van der Waals surface area contributed by atoms with Crippen LogP contribution in [0.1, 0.15) is 0 Å². The highest BCUT2D eigenvalue weighted by Crippen LogP contribution is 2.19. The molecule has 1 nitrogen and oxygen atoms in total. The molecule has 0 amide bonds. The zero-order valence-corrected chi connectivity index (χ0v) is 8.93. The number of hydrogen-bond acceptors (Lipinski definition) is 1. The summed E-state index contributed by atoms with van der Waals surface area (Å²) >= 11 is 13.0. The Labute approximate surface area is 88.0 Å². The van der Waals surface area contributed by atoms with E-state index >= 15 is 0 Å². The third-order valence-electron chi connectivity index (χ3n) is 1.16. The van der Waals surface area contributed by atoms with Gasteiger partial charge in [-0.25, -0.2) is 4.39 Å². The third-order valence-corrected chi connectivity index (χ3v) is 1.85. The van der Waals surface area contributed by atoms with Crippen molar-refractivity contribution in [3.8, 4) is 0 Å². The maximum Gasteiger partial charge on any atom is 0.171 e. The van der Waals surface area contributed by atoms with Crippen molar-refractivity contribution in [3.63, 3.8) is 0 Å². The molecule has 0 aliphatic rings. The Kier molecular flexibility index (Phi) is 3.43. The summed E-state index contributed by atoms with van der Waals surface area (Å²) in [6, 6.07) is 4.58. The van der Waals surface area contributed by atoms with E-state index in [-0.39, 0.29) is 10.1 Å². The summed E-state index contributed by atoms with van der Waals surface area (Å²) in [6.45, 7) is 0. The highest BCUT2D eigenvalue weighted by Gasteiger charge is 2.02. The fourth-order valence-corrected chi connectivity index (χ4v) is 1.24. The molecule has 0 aliphatic carbocycles. The van der Waals surface area contributed by atoms with Gasteiger partial charge in [-0.1, -0.05) is 27.5 Å². The summed E-state index contributed by atoms with van der Waals surface area (Å²) in [5, 5.41) is 2.50. The van der Waals surface area contributed by atoms with E-state index < -0.39 is 5.82 Å². The second-order valence-electron chi connectivity index (χ2n) is 2.02. The molecule has 0 bridgehead atoms. The van der Waals surface area contributed by atoms with Gasteiger partial charge in [-0.05, 0) is 30.4 Å². The number of nitrogens with one attached hydrogen (secondary N) is 1. The molecule has 1 rings (SSSR count). The maximum atomic E-state index is 13.0. The molecule has 0 saturated carbocycles. The number of halogens is 3. The monoisotopic (exact) mass is 267 g/mol. The van der Waals surface area contributed by atoms with E-state index in [1.54, 1.807) is 12.1 Å². The average Bonchev–Trinajstić information content (AvgIpc) is 1.94. The molecule has 0 aromatic heterocycles. The van der Waals surface area contributed by atoms with Gasteiger partial charge in [0.15, 0.2) is 4.45 Å². The minimum atomic E-state index is -0.396. The molecule has 0 unspecified atom stereocenters. The predicted molar refractivity (Wildman–Crippen MR) is 56.2 cm³/mol. The lowest BCUT2D eigenvalue weighted by molar-refractivity contribution is 0.631. The van der Waals surface area contributed by atoms with Crippen LogP contribution in [0.4, 0.5) is 10.1 Å². The standard InChI is InChI=1S/C7H4BrClFNS/c8-4-1-2-6(5(10)3-4)11-7(9)12/h1-3H,(H,11,12). The molecule has 0 spiro atoms. The van der Waals surface area contributed by atoms with E-state index in [2.05, 4.69) is 33.5 Å². The lowest BCUT2D eigenvalue weighted by Gasteiger charge is -2.03. The Morgan fingerprint density at radius 3 is 2.75 bits per heavy atom. The van der Waals surface area contributed by atoms with Crippen LogP contribution in [0.5, 0.6) is 0 Å². The zero-order chi connectivity index (χ0) is 9.14. The summed E-state index contributed by atoms with van der Waals surface area (Å²) in [5.41, 5.74) is 0.276. The van der Waals surface area contributed by atoms with Crippen molar-refractivity contribution in [3.05, 3.63) is 28.5 Å². The number of anilines is 1. The van der Waals surface area contributed by atoms with Crippen LogP contribution >= 0.6 is 39.7 Å². The summed E-state index contributed by atoms with van der Waals surface area (Å²) in [7, 11) is 0. The molecule has 64 valence electrons. The normalized spacial score (nSPS) is 9.58. The summed E-state index contributed by atoms with van der Waals surface area (Å²) in [6.07, 6.45) is 0. The minimum Gasteiger partial charge on any atom is -0.335 e. The Balaban J connectivity index is 2.93. The second kappa shape index (κ2) is 4.16. The SMILES string of the molecule is Fc1cc(Br)ccc1NC(=S)Cl. The van der Waals surface area contributed by atoms with Gasteiger partial charge < -0.3 is 5.32 Å². The van der Waals surface area contributed by atoms with Crippen molar-refractivity contribution in [2.75, 3.05) is 5.32 Å². The van der Waals surface area contributed by atoms with Crippen LogP contribution in [0, 0.1) is 5.82 Å². The summed E-state index contributed by atoms with van der Waals surface area (Å²) in [4.78, 5) is 0. The highest BCUT2D eigenvalue weighted by molar-refractivity contribution is 9.10. The van der Waals surface area contributed by atoms with Crippen LogP contribution in [0.25, 0.3) is 0 Å². The van der Waals surface area contributed by atoms with Crippen LogP contribution in [-0.4, -0.2) is 4.45 Å². The molecule has 0 atom stereocenters. The van der Waals surface area contributed by atoms with Gasteiger partial charge in [0.1, 0.15) is 5.82 Å². The highest BCUT2D eigenvalue weighted by atomic mass is 79.9. The van der Waals surface area contributed by atoms with Gasteiger partial charge in [-0.3, -0.25) is 0 Å². The fourth-order valence-electron chi connectivity index (χ4n) is 0.697. The molecular formula is C7H4BrClFNS. The fraction of sp³-hybridized carbons (Fsp3) is 0. The molecule has 1 aromatic rings. The summed E-state index contributed by atoms with van der Waals surface area (Å²) in [5.74, 6) is -0.396. The van der Waals surface area contributed by atoms with Crippen molar-refractivity contribution < 1.29 is 4.39 Å². The second-order valence-corrected chi connectivity index (χ2v) is 3.95. The lowest BCUT2D eigenvalue weighted by atomic mass is 10.3. The minimum absolute atomic E-state index is 0.0243. The zero-order valence-electron chi connectivity index (χ0n) is 5.77. The predicted octanol–water partition coefficient (Wildman–Crippen LogP) is 3.52. The lowest BCUT2D eigenvalue weighted by Crippen LogP contribution is -2.02. The molecule has 0 heterocycles. The van der Waals surface area contributed by atoms with Crippen molar-refractivity contribution in [2.24, 2.45) is 0 Å². The number of thiocarbonyl (C=S) groups is 1. The van der Waals surface area contributed by atoms with Crippen molar-refractivity contribution >= 4 is 49.9 Å². The Morgan fingerprint density at radius 1 is 1.58 bits per heavy atom. The van der Waals surface area contributed by atoms with Crippen molar-refractivity contribution in [2.45, 2.75) is 0 Å². The van der Waals surface area contributed by atoms with Crippen molar-refractivity contribution in [1.29, 1.82) is 0 Å². The van der Waals surface area contributed by atoms with E-state index in [1.807, 2.05) is 0 Å². The van der Waals surface area contributed by atoms with Gasteiger partial charge in [0.25, 0.3) is 0 Å². The smallest absolute Gasteiger partial charge is 0.171 e. The largest absolute Gasteiger partial charge is 0.335 e. The number of rotatable bonds is 1. The maximum absolute atomic E-state index is 13.0. The van der Waals surface area contributed by atoms with Crippen LogP contribution < -0.4 is 5.32 Å². The molecule has 0 radical (unpaired) electrons. The molecule has 1 N–H and O–H groups in total. The van der Waals surface area contributed by atoms with Gasteiger partial charge in [-0.2, -0.15) is 0 Å². The van der Waals surface area contributed by atoms with Crippen molar-refractivity contribution in [1.82, 2.24) is 0 Å². The quantitative estimate of drug-likeness (QED) is 0.475. The van der Waals surface area contributed by atoms with Crippen LogP contribution in [0.2, 0.25) is 0 Å². The summed E-state index contributed by atoms with van der Waals surface area (Å²) < 4.78 is 13.7. The van der Waals surface area contributed by atoms with Crippen LogP contribution in [0.15, 0.2) is 22.7 Å². The topological polar surface area (TPSA) is 12.0 Å². The first-order valence-electron chi connectivity index (χ1n) is 3.01.